The van der Waals surface area contributed by atoms with Gasteiger partial charge in [-0.2, -0.15) is 0 Å². The Balaban J connectivity index is 1.91. The Morgan fingerprint density at radius 2 is 2.14 bits per heavy atom. The van der Waals surface area contributed by atoms with E-state index in [4.69, 9.17) is 9.84 Å². The molecule has 1 aromatic rings. The Kier molecular flexibility index (Phi) is 5.03. The van der Waals surface area contributed by atoms with Gasteiger partial charge in [0.1, 0.15) is 5.75 Å². The summed E-state index contributed by atoms with van der Waals surface area (Å²) in [5.41, 5.74) is 0.444. The highest BCUT2D eigenvalue weighted by molar-refractivity contribution is 5.94. The van der Waals surface area contributed by atoms with Crippen LogP contribution < -0.4 is 15.4 Å². The maximum Gasteiger partial charge on any atom is 0.335 e. The number of carbonyl (C=O) groups is 2. The number of methoxy groups -OCH3 is 1. The lowest BCUT2D eigenvalue weighted by Crippen LogP contribution is -2.31. The first-order valence-corrected chi connectivity index (χ1v) is 7.06. The number of urea groups is 1. The quantitative estimate of drug-likeness (QED) is 0.752. The van der Waals surface area contributed by atoms with Gasteiger partial charge in [0.25, 0.3) is 0 Å². The second kappa shape index (κ2) is 6.97. The van der Waals surface area contributed by atoms with Gasteiger partial charge in [-0.25, -0.2) is 9.59 Å². The van der Waals surface area contributed by atoms with Crippen LogP contribution in [0.25, 0.3) is 0 Å². The molecular formula is C15H20N2O4. The lowest BCUT2D eigenvalue weighted by atomic mass is 9.83. The molecule has 0 radical (unpaired) electrons. The summed E-state index contributed by atoms with van der Waals surface area (Å²) in [7, 11) is 1.47. The monoisotopic (exact) mass is 292 g/mol. The van der Waals surface area contributed by atoms with Crippen molar-refractivity contribution in [2.24, 2.45) is 5.92 Å². The summed E-state index contributed by atoms with van der Waals surface area (Å²) in [4.78, 5) is 22.8. The summed E-state index contributed by atoms with van der Waals surface area (Å²) in [6, 6.07) is 3.98. The molecule has 0 unspecified atom stereocenters. The third-order valence-corrected chi connectivity index (χ3v) is 3.76. The molecule has 1 fully saturated rings. The normalized spacial score (nSPS) is 14.1. The summed E-state index contributed by atoms with van der Waals surface area (Å²) in [5, 5.41) is 14.4. The van der Waals surface area contributed by atoms with Crippen LogP contribution in [-0.4, -0.2) is 30.8 Å². The summed E-state index contributed by atoms with van der Waals surface area (Å²) < 4.78 is 5.11. The van der Waals surface area contributed by atoms with Crippen LogP contribution in [0.4, 0.5) is 10.5 Å². The van der Waals surface area contributed by atoms with Crippen molar-refractivity contribution in [1.29, 1.82) is 0 Å². The molecule has 0 atom stereocenters. The average Bonchev–Trinajstić information content (AvgIpc) is 2.41. The van der Waals surface area contributed by atoms with Crippen molar-refractivity contribution in [1.82, 2.24) is 5.32 Å². The number of anilines is 1. The molecule has 1 aliphatic rings. The number of benzene rings is 1. The Labute approximate surface area is 123 Å². The Morgan fingerprint density at radius 1 is 1.38 bits per heavy atom. The average molecular weight is 292 g/mol. The Morgan fingerprint density at radius 3 is 2.71 bits per heavy atom. The molecule has 6 heteroatoms. The number of aromatic carboxylic acids is 1. The molecule has 114 valence electrons. The van der Waals surface area contributed by atoms with Gasteiger partial charge in [0.2, 0.25) is 0 Å². The number of carboxylic acids is 1. The van der Waals surface area contributed by atoms with Crippen LogP contribution >= 0.6 is 0 Å². The van der Waals surface area contributed by atoms with Gasteiger partial charge in [0.15, 0.2) is 0 Å². The van der Waals surface area contributed by atoms with Gasteiger partial charge in [-0.1, -0.05) is 19.3 Å². The van der Waals surface area contributed by atoms with Crippen LogP contribution in [0.3, 0.4) is 0 Å². The number of ether oxygens (including phenoxy) is 1. The van der Waals surface area contributed by atoms with E-state index in [0.29, 0.717) is 18.0 Å². The molecule has 0 saturated heterocycles. The van der Waals surface area contributed by atoms with Gasteiger partial charge >= 0.3 is 12.0 Å². The van der Waals surface area contributed by atoms with Crippen molar-refractivity contribution < 1.29 is 19.4 Å². The standard InChI is InChI=1S/C15H20N2O4/c1-21-13-6-5-11(14(18)19)9-12(13)17-15(20)16-8-7-10-3-2-4-10/h5-6,9-10H,2-4,7-8H2,1H3,(H,18,19)(H2,16,17,20). The van der Waals surface area contributed by atoms with E-state index in [2.05, 4.69) is 10.6 Å². The summed E-state index contributed by atoms with van der Waals surface area (Å²) in [5.74, 6) is 0.107. The first-order valence-electron chi connectivity index (χ1n) is 7.06. The zero-order chi connectivity index (χ0) is 15.2. The van der Waals surface area contributed by atoms with E-state index in [0.717, 1.165) is 12.3 Å². The number of nitrogens with one attached hydrogen (secondary N) is 2. The van der Waals surface area contributed by atoms with Crippen molar-refractivity contribution in [3.63, 3.8) is 0 Å². The fourth-order valence-electron chi connectivity index (χ4n) is 2.28. The first-order chi connectivity index (χ1) is 10.1. The minimum Gasteiger partial charge on any atom is -0.495 e. The van der Waals surface area contributed by atoms with Crippen LogP contribution in [0.2, 0.25) is 0 Å². The van der Waals surface area contributed by atoms with Crippen molar-refractivity contribution in [3.8, 4) is 5.75 Å². The molecule has 0 aliphatic heterocycles. The second-order valence-corrected chi connectivity index (χ2v) is 5.19. The fraction of sp³-hybridized carbons (Fsp3) is 0.467. The maximum atomic E-state index is 11.8. The molecule has 2 rings (SSSR count). The summed E-state index contributed by atoms with van der Waals surface area (Å²) >= 11 is 0. The molecular weight excluding hydrogens is 272 g/mol. The minimum atomic E-state index is -1.05. The van der Waals surface area contributed by atoms with Crippen molar-refractivity contribution in [2.45, 2.75) is 25.7 Å². The Hall–Kier alpha value is -2.24. The van der Waals surface area contributed by atoms with Gasteiger partial charge in [-0.15, -0.1) is 0 Å². The van der Waals surface area contributed by atoms with Gasteiger partial charge in [0.05, 0.1) is 18.4 Å². The molecule has 0 aromatic heterocycles. The lowest BCUT2D eigenvalue weighted by Gasteiger charge is -2.25. The molecule has 1 saturated carbocycles. The van der Waals surface area contributed by atoms with E-state index in [-0.39, 0.29) is 11.6 Å². The van der Waals surface area contributed by atoms with Crippen molar-refractivity contribution in [2.75, 3.05) is 19.0 Å². The SMILES string of the molecule is COc1ccc(C(=O)O)cc1NC(=O)NCCC1CCC1. The van der Waals surface area contributed by atoms with E-state index in [9.17, 15) is 9.59 Å². The number of amides is 2. The molecule has 2 amide bonds. The first kappa shape index (κ1) is 15.2. The van der Waals surface area contributed by atoms with Crippen LogP contribution in [0.15, 0.2) is 18.2 Å². The van der Waals surface area contributed by atoms with Crippen molar-refractivity contribution >= 4 is 17.7 Å². The summed E-state index contributed by atoms with van der Waals surface area (Å²) in [6.45, 7) is 0.622. The highest BCUT2D eigenvalue weighted by atomic mass is 16.5. The number of carbonyl (C=O) groups excluding carboxylic acids is 1. The molecule has 1 aromatic carbocycles. The van der Waals surface area contributed by atoms with Gasteiger partial charge in [-0.05, 0) is 30.5 Å². The van der Waals surface area contributed by atoms with E-state index in [1.807, 2.05) is 0 Å². The van der Waals surface area contributed by atoms with Crippen LogP contribution in [0, 0.1) is 5.92 Å². The maximum absolute atomic E-state index is 11.8. The zero-order valence-electron chi connectivity index (χ0n) is 12.0. The fourth-order valence-corrected chi connectivity index (χ4v) is 2.28. The van der Waals surface area contributed by atoms with E-state index in [1.165, 1.54) is 44.6 Å². The molecule has 21 heavy (non-hydrogen) atoms. The Bertz CT molecular complexity index is 526. The van der Waals surface area contributed by atoms with E-state index >= 15 is 0 Å². The predicted octanol–water partition coefficient (Wildman–Crippen LogP) is 2.71. The molecule has 0 spiro atoms. The molecule has 0 heterocycles. The summed E-state index contributed by atoms with van der Waals surface area (Å²) in [6.07, 6.45) is 4.77. The minimum absolute atomic E-state index is 0.0977. The topological polar surface area (TPSA) is 87.7 Å². The highest BCUT2D eigenvalue weighted by Gasteiger charge is 2.17. The molecule has 1 aliphatic carbocycles. The van der Waals surface area contributed by atoms with Gasteiger partial charge < -0.3 is 20.5 Å². The lowest BCUT2D eigenvalue weighted by molar-refractivity contribution is 0.0697. The highest BCUT2D eigenvalue weighted by Crippen LogP contribution is 2.29. The predicted molar refractivity (Wildman–Crippen MR) is 78.9 cm³/mol. The van der Waals surface area contributed by atoms with Crippen LogP contribution in [-0.2, 0) is 0 Å². The molecule has 0 bridgehead atoms. The smallest absolute Gasteiger partial charge is 0.335 e. The number of rotatable bonds is 6. The van der Waals surface area contributed by atoms with Crippen molar-refractivity contribution in [3.05, 3.63) is 23.8 Å². The zero-order valence-corrected chi connectivity index (χ0v) is 12.0. The van der Waals surface area contributed by atoms with E-state index in [1.54, 1.807) is 0 Å². The number of hydrogen-bond acceptors (Lipinski definition) is 3. The van der Waals surface area contributed by atoms with Gasteiger partial charge in [0, 0.05) is 6.54 Å². The third kappa shape index (κ3) is 4.11. The second-order valence-electron chi connectivity index (χ2n) is 5.19. The van der Waals surface area contributed by atoms with E-state index < -0.39 is 5.97 Å². The van der Waals surface area contributed by atoms with Gasteiger partial charge in [-0.3, -0.25) is 0 Å². The number of hydrogen-bond donors (Lipinski definition) is 3. The van der Waals surface area contributed by atoms with Crippen LogP contribution in [0.1, 0.15) is 36.0 Å². The molecule has 3 N–H and O–H groups in total. The largest absolute Gasteiger partial charge is 0.495 e. The number of carboxylic acid groups (broad SMARTS) is 1. The molecule has 6 nitrogen and oxygen atoms in total. The third-order valence-electron chi connectivity index (χ3n) is 3.76. The van der Waals surface area contributed by atoms with Crippen LogP contribution in [0.5, 0.6) is 5.75 Å².